The first-order chi connectivity index (χ1) is 9.58. The molecule has 0 aliphatic rings. The molecule has 2 rings (SSSR count). The topological polar surface area (TPSA) is 58.2 Å². The summed E-state index contributed by atoms with van der Waals surface area (Å²) >= 11 is 1.46. The third-order valence-corrected chi connectivity index (χ3v) is 3.82. The first-order valence-corrected chi connectivity index (χ1v) is 7.07. The fourth-order valence-corrected chi connectivity index (χ4v) is 2.49. The van der Waals surface area contributed by atoms with E-state index >= 15 is 0 Å². The van der Waals surface area contributed by atoms with Crippen molar-refractivity contribution in [2.45, 2.75) is 13.3 Å². The zero-order chi connectivity index (χ0) is 14.5. The Bertz CT molecular complexity index is 617. The lowest BCUT2D eigenvalue weighted by Crippen LogP contribution is -2.19. The van der Waals surface area contributed by atoms with E-state index in [9.17, 15) is 9.59 Å². The van der Waals surface area contributed by atoms with Crippen molar-refractivity contribution in [1.29, 1.82) is 0 Å². The molecule has 2 N–H and O–H groups in total. The fraction of sp³-hybridized carbons (Fsp3) is 0.200. The van der Waals surface area contributed by atoms with Crippen molar-refractivity contribution in [1.82, 2.24) is 5.32 Å². The summed E-state index contributed by atoms with van der Waals surface area (Å²) in [5, 5.41) is 5.41. The van der Waals surface area contributed by atoms with E-state index in [1.807, 2.05) is 31.2 Å². The first kappa shape index (κ1) is 14.3. The van der Waals surface area contributed by atoms with Crippen LogP contribution in [-0.2, 0) is 11.2 Å². The number of carbonyl (C=O) groups is 2. The molecule has 104 valence electrons. The summed E-state index contributed by atoms with van der Waals surface area (Å²) < 4.78 is 0. The lowest BCUT2D eigenvalue weighted by molar-refractivity contribution is -0.119. The Kier molecular flexibility index (Phi) is 4.53. The molecular weight excluding hydrogens is 272 g/mol. The maximum absolute atomic E-state index is 12.0. The number of thiophene rings is 1. The summed E-state index contributed by atoms with van der Waals surface area (Å²) in [7, 11) is 1.61. The number of likely N-dealkylation sites (N-methyl/N-ethyl adjacent to an activating group) is 1. The van der Waals surface area contributed by atoms with Gasteiger partial charge in [0, 0.05) is 17.6 Å². The van der Waals surface area contributed by atoms with Crippen LogP contribution in [0.4, 0.5) is 5.69 Å². The average Bonchev–Trinajstić information content (AvgIpc) is 2.87. The van der Waals surface area contributed by atoms with Gasteiger partial charge in [-0.2, -0.15) is 0 Å². The lowest BCUT2D eigenvalue weighted by Gasteiger charge is -2.05. The Morgan fingerprint density at radius 3 is 2.35 bits per heavy atom. The predicted molar refractivity (Wildman–Crippen MR) is 81.2 cm³/mol. The Labute approximate surface area is 121 Å². The van der Waals surface area contributed by atoms with Crippen LogP contribution in [-0.4, -0.2) is 18.9 Å². The van der Waals surface area contributed by atoms with Gasteiger partial charge in [-0.15, -0.1) is 11.3 Å². The average molecular weight is 288 g/mol. The van der Waals surface area contributed by atoms with Crippen LogP contribution in [0.2, 0.25) is 0 Å². The lowest BCUT2D eigenvalue weighted by atomic mass is 10.1. The van der Waals surface area contributed by atoms with Gasteiger partial charge in [0.2, 0.25) is 5.91 Å². The second-order valence-electron chi connectivity index (χ2n) is 4.41. The monoisotopic (exact) mass is 288 g/mol. The molecule has 0 unspecified atom stereocenters. The van der Waals surface area contributed by atoms with E-state index in [0.29, 0.717) is 11.3 Å². The van der Waals surface area contributed by atoms with Crippen LogP contribution in [0, 0.1) is 6.92 Å². The molecule has 1 aromatic carbocycles. The van der Waals surface area contributed by atoms with E-state index in [0.717, 1.165) is 16.1 Å². The van der Waals surface area contributed by atoms with Crippen molar-refractivity contribution in [3.63, 3.8) is 0 Å². The van der Waals surface area contributed by atoms with E-state index in [2.05, 4.69) is 10.6 Å². The minimum absolute atomic E-state index is 0.0316. The van der Waals surface area contributed by atoms with Gasteiger partial charge in [-0.3, -0.25) is 9.59 Å². The van der Waals surface area contributed by atoms with Crippen LogP contribution < -0.4 is 10.6 Å². The Balaban J connectivity index is 2.00. The van der Waals surface area contributed by atoms with Crippen molar-refractivity contribution in [3.8, 4) is 0 Å². The molecule has 2 aromatic rings. The summed E-state index contributed by atoms with van der Waals surface area (Å²) in [6.07, 6.45) is 0.342. The molecule has 0 atom stereocenters. The summed E-state index contributed by atoms with van der Waals surface area (Å²) in [4.78, 5) is 25.0. The quantitative estimate of drug-likeness (QED) is 0.908. The molecule has 0 aliphatic heterocycles. The van der Waals surface area contributed by atoms with Gasteiger partial charge < -0.3 is 10.6 Å². The van der Waals surface area contributed by atoms with Gasteiger partial charge in [-0.05, 0) is 36.8 Å². The molecule has 0 radical (unpaired) electrons. The molecule has 1 heterocycles. The SMILES string of the molecule is CNC(=O)Cc1ccc(NC(=O)c2ccc(C)s2)cc1. The number of rotatable bonds is 4. The van der Waals surface area contributed by atoms with Gasteiger partial charge in [0.25, 0.3) is 5.91 Å². The van der Waals surface area contributed by atoms with Crippen molar-refractivity contribution in [2.24, 2.45) is 0 Å². The minimum atomic E-state index is -0.109. The number of anilines is 1. The van der Waals surface area contributed by atoms with E-state index in [4.69, 9.17) is 0 Å². The number of carbonyl (C=O) groups excluding carboxylic acids is 2. The number of hydrogen-bond acceptors (Lipinski definition) is 3. The third kappa shape index (κ3) is 3.68. The van der Waals surface area contributed by atoms with Crippen molar-refractivity contribution < 1.29 is 9.59 Å². The van der Waals surface area contributed by atoms with Crippen LogP contribution in [0.5, 0.6) is 0 Å². The Morgan fingerprint density at radius 2 is 1.80 bits per heavy atom. The van der Waals surface area contributed by atoms with Crippen molar-refractivity contribution in [3.05, 3.63) is 51.7 Å². The van der Waals surface area contributed by atoms with E-state index < -0.39 is 0 Å². The zero-order valence-electron chi connectivity index (χ0n) is 11.4. The highest BCUT2D eigenvalue weighted by atomic mass is 32.1. The van der Waals surface area contributed by atoms with Gasteiger partial charge in [0.15, 0.2) is 0 Å². The standard InChI is InChI=1S/C15H16N2O2S/c1-10-3-8-13(20-10)15(19)17-12-6-4-11(5-7-12)9-14(18)16-2/h3-8H,9H2,1-2H3,(H,16,18)(H,17,19). The number of hydrogen-bond donors (Lipinski definition) is 2. The van der Waals surface area contributed by atoms with Crippen molar-refractivity contribution >= 4 is 28.8 Å². The smallest absolute Gasteiger partial charge is 0.265 e. The first-order valence-electron chi connectivity index (χ1n) is 6.26. The van der Waals surface area contributed by atoms with Gasteiger partial charge in [0.1, 0.15) is 0 Å². The predicted octanol–water partition coefficient (Wildman–Crippen LogP) is 2.60. The van der Waals surface area contributed by atoms with E-state index in [1.165, 1.54) is 11.3 Å². The molecule has 0 spiro atoms. The van der Waals surface area contributed by atoms with E-state index in [-0.39, 0.29) is 11.8 Å². The molecule has 5 heteroatoms. The molecule has 0 bridgehead atoms. The number of aryl methyl sites for hydroxylation is 1. The van der Waals surface area contributed by atoms with E-state index in [1.54, 1.807) is 19.2 Å². The normalized spacial score (nSPS) is 10.1. The second-order valence-corrected chi connectivity index (χ2v) is 5.70. The summed E-state index contributed by atoms with van der Waals surface area (Å²) in [6.45, 7) is 1.97. The highest BCUT2D eigenvalue weighted by Gasteiger charge is 2.08. The molecule has 0 aliphatic carbocycles. The highest BCUT2D eigenvalue weighted by molar-refractivity contribution is 7.14. The Morgan fingerprint density at radius 1 is 1.10 bits per heavy atom. The number of nitrogens with one attached hydrogen (secondary N) is 2. The minimum Gasteiger partial charge on any atom is -0.359 e. The van der Waals surface area contributed by atoms with Crippen LogP contribution in [0.25, 0.3) is 0 Å². The Hall–Kier alpha value is -2.14. The molecule has 2 amide bonds. The van der Waals surface area contributed by atoms with Crippen molar-refractivity contribution in [2.75, 3.05) is 12.4 Å². The van der Waals surface area contributed by atoms with Gasteiger partial charge in [-0.25, -0.2) is 0 Å². The summed E-state index contributed by atoms with van der Waals surface area (Å²) in [5.41, 5.74) is 1.64. The number of benzene rings is 1. The van der Waals surface area contributed by atoms with Gasteiger partial charge in [0.05, 0.1) is 11.3 Å². The molecule has 0 saturated heterocycles. The van der Waals surface area contributed by atoms with Gasteiger partial charge in [-0.1, -0.05) is 12.1 Å². The summed E-state index contributed by atoms with van der Waals surface area (Å²) in [6, 6.07) is 11.0. The van der Waals surface area contributed by atoms with Crippen LogP contribution in [0.1, 0.15) is 20.1 Å². The van der Waals surface area contributed by atoms with Gasteiger partial charge >= 0.3 is 0 Å². The molecule has 4 nitrogen and oxygen atoms in total. The fourth-order valence-electron chi connectivity index (χ4n) is 1.73. The maximum Gasteiger partial charge on any atom is 0.265 e. The largest absolute Gasteiger partial charge is 0.359 e. The molecule has 20 heavy (non-hydrogen) atoms. The summed E-state index contributed by atoms with van der Waals surface area (Å²) in [5.74, 6) is -0.141. The second kappa shape index (κ2) is 6.34. The third-order valence-electron chi connectivity index (χ3n) is 2.82. The number of amides is 2. The molecule has 0 fully saturated rings. The van der Waals surface area contributed by atoms with Crippen LogP contribution in [0.15, 0.2) is 36.4 Å². The maximum atomic E-state index is 12.0. The molecular formula is C15H16N2O2S. The van der Waals surface area contributed by atoms with Crippen LogP contribution >= 0.6 is 11.3 Å². The molecule has 1 aromatic heterocycles. The van der Waals surface area contributed by atoms with Crippen LogP contribution in [0.3, 0.4) is 0 Å². The highest BCUT2D eigenvalue weighted by Crippen LogP contribution is 2.17. The zero-order valence-corrected chi connectivity index (χ0v) is 12.2. The molecule has 0 saturated carbocycles.